The number of carbonyl (C=O) groups excluding carboxylic acids is 1. The van der Waals surface area contributed by atoms with Crippen LogP contribution in [0.1, 0.15) is 12.1 Å². The van der Waals surface area contributed by atoms with Crippen LogP contribution < -0.4 is 5.32 Å². The lowest BCUT2D eigenvalue weighted by Crippen LogP contribution is -2.42. The Morgan fingerprint density at radius 2 is 2.62 bits per heavy atom. The molecule has 1 fully saturated rings. The molecule has 0 saturated carbocycles. The highest BCUT2D eigenvalue weighted by molar-refractivity contribution is 5.81. The Morgan fingerprint density at radius 3 is 3.25 bits per heavy atom. The third-order valence-corrected chi connectivity index (χ3v) is 2.62. The average molecular weight is 223 g/mol. The monoisotopic (exact) mass is 223 g/mol. The number of nitrogens with zero attached hydrogens (tertiary/aromatic N) is 2. The van der Waals surface area contributed by atoms with Gasteiger partial charge in [-0.2, -0.15) is 5.10 Å². The lowest BCUT2D eigenvalue weighted by Gasteiger charge is -2.22. The SMILES string of the molecule is Cn1ccc(CC(=O)CC2COCCN2)n1. The van der Waals surface area contributed by atoms with Gasteiger partial charge in [0.25, 0.3) is 0 Å². The molecule has 1 unspecified atom stereocenters. The minimum absolute atomic E-state index is 0.171. The summed E-state index contributed by atoms with van der Waals surface area (Å²) in [6.07, 6.45) is 2.79. The maximum Gasteiger partial charge on any atom is 0.140 e. The maximum atomic E-state index is 11.7. The second-order valence-electron chi connectivity index (χ2n) is 4.13. The zero-order valence-corrected chi connectivity index (χ0v) is 9.48. The molecule has 0 bridgehead atoms. The van der Waals surface area contributed by atoms with Gasteiger partial charge in [-0.25, -0.2) is 0 Å². The van der Waals surface area contributed by atoms with Gasteiger partial charge in [0.2, 0.25) is 0 Å². The third kappa shape index (κ3) is 3.15. The van der Waals surface area contributed by atoms with Crippen molar-refractivity contribution in [1.29, 1.82) is 0 Å². The Kier molecular flexibility index (Phi) is 3.69. The second kappa shape index (κ2) is 5.23. The van der Waals surface area contributed by atoms with Crippen molar-refractivity contribution in [2.45, 2.75) is 18.9 Å². The fraction of sp³-hybridized carbons (Fsp3) is 0.636. The van der Waals surface area contributed by atoms with Crippen LogP contribution in [0.25, 0.3) is 0 Å². The zero-order valence-electron chi connectivity index (χ0n) is 9.48. The molecule has 1 N–H and O–H groups in total. The minimum Gasteiger partial charge on any atom is -0.379 e. The van der Waals surface area contributed by atoms with Crippen LogP contribution in [0.3, 0.4) is 0 Å². The van der Waals surface area contributed by atoms with E-state index in [4.69, 9.17) is 4.74 Å². The normalized spacial score (nSPS) is 20.9. The molecular weight excluding hydrogens is 206 g/mol. The van der Waals surface area contributed by atoms with Crippen molar-refractivity contribution < 1.29 is 9.53 Å². The molecule has 1 aliphatic heterocycles. The summed E-state index contributed by atoms with van der Waals surface area (Å²) < 4.78 is 7.02. The molecule has 1 atom stereocenters. The highest BCUT2D eigenvalue weighted by Crippen LogP contribution is 2.03. The first kappa shape index (κ1) is 11.3. The highest BCUT2D eigenvalue weighted by Gasteiger charge is 2.17. The number of aryl methyl sites for hydroxylation is 1. The molecule has 1 aromatic rings. The Balaban J connectivity index is 1.79. The van der Waals surface area contributed by atoms with Gasteiger partial charge in [-0.3, -0.25) is 9.48 Å². The number of Topliss-reactive ketones (excluding diaryl/α,β-unsaturated/α-hetero) is 1. The van der Waals surface area contributed by atoms with Crippen molar-refractivity contribution in [3.05, 3.63) is 18.0 Å². The Labute approximate surface area is 94.8 Å². The summed E-state index contributed by atoms with van der Waals surface area (Å²) in [6.45, 7) is 2.21. The number of carbonyl (C=O) groups is 1. The largest absolute Gasteiger partial charge is 0.379 e. The van der Waals surface area contributed by atoms with E-state index in [-0.39, 0.29) is 11.8 Å². The van der Waals surface area contributed by atoms with Gasteiger partial charge in [-0.15, -0.1) is 0 Å². The van der Waals surface area contributed by atoms with Gasteiger partial charge in [0.05, 0.1) is 25.3 Å². The lowest BCUT2D eigenvalue weighted by molar-refractivity contribution is -0.119. The number of hydrogen-bond donors (Lipinski definition) is 1. The number of aromatic nitrogens is 2. The van der Waals surface area contributed by atoms with Crippen LogP contribution in [0, 0.1) is 0 Å². The van der Waals surface area contributed by atoms with Crippen molar-refractivity contribution in [3.63, 3.8) is 0 Å². The van der Waals surface area contributed by atoms with Gasteiger partial charge in [-0.1, -0.05) is 0 Å². The number of ether oxygens (including phenoxy) is 1. The summed E-state index contributed by atoms with van der Waals surface area (Å²) in [7, 11) is 1.85. The van der Waals surface area contributed by atoms with Crippen molar-refractivity contribution in [2.24, 2.45) is 7.05 Å². The quantitative estimate of drug-likeness (QED) is 0.775. The van der Waals surface area contributed by atoms with E-state index in [0.29, 0.717) is 19.4 Å². The van der Waals surface area contributed by atoms with Crippen LogP contribution in [-0.2, 0) is 23.0 Å². The summed E-state index contributed by atoms with van der Waals surface area (Å²) >= 11 is 0. The van der Waals surface area contributed by atoms with Crippen molar-refractivity contribution in [3.8, 4) is 0 Å². The number of rotatable bonds is 4. The molecule has 1 aliphatic rings. The van der Waals surface area contributed by atoms with E-state index in [1.807, 2.05) is 19.3 Å². The molecule has 16 heavy (non-hydrogen) atoms. The molecule has 1 aromatic heterocycles. The number of ketones is 1. The molecule has 2 heterocycles. The minimum atomic E-state index is 0.171. The molecule has 88 valence electrons. The Hall–Kier alpha value is -1.20. The maximum absolute atomic E-state index is 11.7. The van der Waals surface area contributed by atoms with E-state index in [1.165, 1.54) is 0 Å². The smallest absolute Gasteiger partial charge is 0.140 e. The molecular formula is C11H17N3O2. The summed E-state index contributed by atoms with van der Waals surface area (Å²) in [5.41, 5.74) is 0.837. The van der Waals surface area contributed by atoms with E-state index >= 15 is 0 Å². The van der Waals surface area contributed by atoms with Crippen molar-refractivity contribution in [1.82, 2.24) is 15.1 Å². The first-order chi connectivity index (χ1) is 7.74. The highest BCUT2D eigenvalue weighted by atomic mass is 16.5. The van der Waals surface area contributed by atoms with Gasteiger partial charge >= 0.3 is 0 Å². The molecule has 0 radical (unpaired) electrons. The van der Waals surface area contributed by atoms with Crippen molar-refractivity contribution in [2.75, 3.05) is 19.8 Å². The Morgan fingerprint density at radius 1 is 1.75 bits per heavy atom. The van der Waals surface area contributed by atoms with Gasteiger partial charge in [0, 0.05) is 32.3 Å². The van der Waals surface area contributed by atoms with E-state index in [0.717, 1.165) is 18.8 Å². The van der Waals surface area contributed by atoms with E-state index < -0.39 is 0 Å². The van der Waals surface area contributed by atoms with Crippen LogP contribution in [-0.4, -0.2) is 41.4 Å². The van der Waals surface area contributed by atoms with E-state index in [1.54, 1.807) is 4.68 Å². The molecule has 5 nitrogen and oxygen atoms in total. The predicted octanol–water partition coefficient (Wildman–Crippen LogP) is -0.0898. The lowest BCUT2D eigenvalue weighted by atomic mass is 10.1. The molecule has 2 rings (SSSR count). The van der Waals surface area contributed by atoms with Crippen LogP contribution in [0.2, 0.25) is 0 Å². The molecule has 0 spiro atoms. The van der Waals surface area contributed by atoms with Gasteiger partial charge in [0.15, 0.2) is 0 Å². The van der Waals surface area contributed by atoms with Crippen LogP contribution in [0.15, 0.2) is 12.3 Å². The third-order valence-electron chi connectivity index (χ3n) is 2.62. The standard InChI is InChI=1S/C11H17N3O2/c1-14-4-2-9(13-14)6-11(15)7-10-8-16-5-3-12-10/h2,4,10,12H,3,5-8H2,1H3. The van der Waals surface area contributed by atoms with Crippen LogP contribution in [0.5, 0.6) is 0 Å². The van der Waals surface area contributed by atoms with Crippen LogP contribution >= 0.6 is 0 Å². The molecule has 0 amide bonds. The van der Waals surface area contributed by atoms with Gasteiger partial charge < -0.3 is 10.1 Å². The second-order valence-corrected chi connectivity index (χ2v) is 4.13. The molecule has 5 heteroatoms. The van der Waals surface area contributed by atoms with Gasteiger partial charge in [0.1, 0.15) is 5.78 Å². The number of nitrogens with one attached hydrogen (secondary N) is 1. The predicted molar refractivity (Wildman–Crippen MR) is 59.1 cm³/mol. The van der Waals surface area contributed by atoms with E-state index in [9.17, 15) is 4.79 Å². The summed E-state index contributed by atoms with van der Waals surface area (Å²) in [5, 5.41) is 7.46. The number of morpholine rings is 1. The molecule has 0 aliphatic carbocycles. The summed E-state index contributed by atoms with van der Waals surface area (Å²) in [6, 6.07) is 2.05. The fourth-order valence-corrected chi connectivity index (χ4v) is 1.86. The number of hydrogen-bond acceptors (Lipinski definition) is 4. The molecule has 0 aromatic carbocycles. The Bertz CT molecular complexity index is 356. The fourth-order valence-electron chi connectivity index (χ4n) is 1.86. The topological polar surface area (TPSA) is 56.1 Å². The van der Waals surface area contributed by atoms with Crippen LogP contribution in [0.4, 0.5) is 0 Å². The van der Waals surface area contributed by atoms with E-state index in [2.05, 4.69) is 10.4 Å². The summed E-state index contributed by atoms with van der Waals surface area (Å²) in [4.78, 5) is 11.7. The van der Waals surface area contributed by atoms with Gasteiger partial charge in [-0.05, 0) is 6.07 Å². The zero-order chi connectivity index (χ0) is 11.4. The summed E-state index contributed by atoms with van der Waals surface area (Å²) in [5.74, 6) is 0.210. The first-order valence-electron chi connectivity index (χ1n) is 5.55. The van der Waals surface area contributed by atoms with Crippen molar-refractivity contribution >= 4 is 5.78 Å². The average Bonchev–Trinajstić information content (AvgIpc) is 2.65. The molecule has 1 saturated heterocycles. The first-order valence-corrected chi connectivity index (χ1v) is 5.55.